The van der Waals surface area contributed by atoms with Crippen LogP contribution in [0.2, 0.25) is 0 Å². The van der Waals surface area contributed by atoms with E-state index in [9.17, 15) is 14.7 Å². The smallest absolute Gasteiger partial charge is 0.294 e. The Bertz CT molecular complexity index is 1280. The summed E-state index contributed by atoms with van der Waals surface area (Å²) in [6.07, 6.45) is 3.03. The lowest BCUT2D eigenvalue weighted by atomic mass is 9.94. The van der Waals surface area contributed by atoms with E-state index in [0.29, 0.717) is 22.7 Å². The van der Waals surface area contributed by atoms with Crippen LogP contribution in [0.5, 0.6) is 11.5 Å². The molecule has 7 heteroatoms. The first kappa shape index (κ1) is 23.6. The second-order valence-corrected chi connectivity index (χ2v) is 8.78. The number of halogens is 1. The van der Waals surface area contributed by atoms with Gasteiger partial charge in [-0.25, -0.2) is 0 Å². The van der Waals surface area contributed by atoms with Crippen molar-refractivity contribution in [2.75, 3.05) is 19.1 Å². The molecular weight excluding hydrogens is 545 g/mol. The van der Waals surface area contributed by atoms with Gasteiger partial charge in [0.15, 0.2) is 11.5 Å². The molecule has 0 saturated heterocycles. The zero-order valence-corrected chi connectivity index (χ0v) is 20.7. The second-order valence-electron chi connectivity index (χ2n) is 7.53. The van der Waals surface area contributed by atoms with E-state index in [-0.39, 0.29) is 5.57 Å². The Balaban J connectivity index is 1.84. The van der Waals surface area contributed by atoms with Crippen LogP contribution < -0.4 is 14.4 Å². The minimum Gasteiger partial charge on any atom is -0.503 e. The van der Waals surface area contributed by atoms with Crippen molar-refractivity contribution in [3.8, 4) is 11.5 Å². The molecule has 3 aromatic rings. The van der Waals surface area contributed by atoms with Gasteiger partial charge in [-0.3, -0.25) is 14.5 Å². The van der Waals surface area contributed by atoms with Gasteiger partial charge in [-0.1, -0.05) is 36.4 Å². The third-order valence-electron chi connectivity index (χ3n) is 5.54. The Labute approximate surface area is 211 Å². The Morgan fingerprint density at radius 3 is 2.35 bits per heavy atom. The predicted molar refractivity (Wildman–Crippen MR) is 139 cm³/mol. The topological polar surface area (TPSA) is 76.1 Å². The third-order valence-corrected chi connectivity index (χ3v) is 6.26. The highest BCUT2D eigenvalue weighted by Gasteiger charge is 2.45. The summed E-state index contributed by atoms with van der Waals surface area (Å²) < 4.78 is 11.9. The van der Waals surface area contributed by atoms with Crippen LogP contribution in [-0.4, -0.2) is 31.0 Å². The molecule has 0 aromatic heterocycles. The molecule has 1 aliphatic rings. The summed E-state index contributed by atoms with van der Waals surface area (Å²) >= 11 is 2.18. The van der Waals surface area contributed by atoms with E-state index in [1.54, 1.807) is 43.5 Å². The van der Waals surface area contributed by atoms with Crippen LogP contribution in [0.3, 0.4) is 0 Å². The van der Waals surface area contributed by atoms with Crippen molar-refractivity contribution in [1.29, 1.82) is 0 Å². The minimum atomic E-state index is -0.888. The summed E-state index contributed by atoms with van der Waals surface area (Å²) in [5.41, 5.74) is 1.91. The number of methoxy groups -OCH3 is 2. The van der Waals surface area contributed by atoms with Crippen molar-refractivity contribution < 1.29 is 24.2 Å². The summed E-state index contributed by atoms with van der Waals surface area (Å²) in [5, 5.41) is 10.9. The Hall–Kier alpha value is -3.59. The first-order valence-corrected chi connectivity index (χ1v) is 11.5. The van der Waals surface area contributed by atoms with Crippen LogP contribution in [0.1, 0.15) is 17.2 Å². The van der Waals surface area contributed by atoms with Crippen molar-refractivity contribution in [2.45, 2.75) is 6.04 Å². The zero-order chi connectivity index (χ0) is 24.2. The molecular formula is C27H22INO5. The fourth-order valence-electron chi connectivity index (χ4n) is 3.89. The molecule has 1 N–H and O–H groups in total. The van der Waals surface area contributed by atoms with Gasteiger partial charge in [0, 0.05) is 20.9 Å². The number of rotatable bonds is 7. The van der Waals surface area contributed by atoms with Gasteiger partial charge in [0.1, 0.15) is 11.5 Å². The van der Waals surface area contributed by atoms with Crippen molar-refractivity contribution in [3.05, 3.63) is 105 Å². The number of hydrogen-bond acceptors (Lipinski definition) is 5. The quantitative estimate of drug-likeness (QED) is 0.302. The maximum absolute atomic E-state index is 13.4. The summed E-state index contributed by atoms with van der Waals surface area (Å²) in [7, 11) is 3.05. The number of carbonyl (C=O) groups excluding carboxylic acids is 2. The number of benzene rings is 3. The van der Waals surface area contributed by atoms with Crippen LogP contribution >= 0.6 is 22.6 Å². The van der Waals surface area contributed by atoms with Crippen molar-refractivity contribution >= 4 is 46.0 Å². The molecule has 0 saturated carbocycles. The second kappa shape index (κ2) is 10.1. The lowest BCUT2D eigenvalue weighted by Gasteiger charge is -2.28. The van der Waals surface area contributed by atoms with Crippen LogP contribution in [0.25, 0.3) is 6.08 Å². The number of nitrogens with zero attached hydrogens (tertiary/aromatic N) is 1. The SMILES string of the molecule is COc1ccc([C@H]2C(C(=O)/C=C/c3ccccc3)=C(O)C(=O)N2c2ccc(I)cc2)c(OC)c1. The van der Waals surface area contributed by atoms with Crippen molar-refractivity contribution in [2.24, 2.45) is 0 Å². The van der Waals surface area contributed by atoms with E-state index in [1.165, 1.54) is 18.1 Å². The molecule has 0 fully saturated rings. The van der Waals surface area contributed by atoms with Gasteiger partial charge in [0.05, 0.1) is 25.8 Å². The van der Waals surface area contributed by atoms with Gasteiger partial charge < -0.3 is 14.6 Å². The number of hydrogen-bond donors (Lipinski definition) is 1. The molecule has 1 amide bonds. The van der Waals surface area contributed by atoms with Crippen LogP contribution in [0.4, 0.5) is 5.69 Å². The van der Waals surface area contributed by atoms with Crippen LogP contribution in [0.15, 0.2) is 90.2 Å². The lowest BCUT2D eigenvalue weighted by Crippen LogP contribution is -2.31. The van der Waals surface area contributed by atoms with Crippen LogP contribution in [-0.2, 0) is 9.59 Å². The molecule has 172 valence electrons. The lowest BCUT2D eigenvalue weighted by molar-refractivity contribution is -0.117. The molecule has 3 aromatic carbocycles. The van der Waals surface area contributed by atoms with Crippen molar-refractivity contribution in [3.63, 3.8) is 0 Å². The average Bonchev–Trinajstić information content (AvgIpc) is 3.13. The molecule has 0 radical (unpaired) electrons. The van der Waals surface area contributed by atoms with Gasteiger partial charge >= 0.3 is 0 Å². The molecule has 1 aliphatic heterocycles. The number of allylic oxidation sites excluding steroid dienone is 1. The Morgan fingerprint density at radius 1 is 1.00 bits per heavy atom. The Morgan fingerprint density at radius 2 is 1.71 bits per heavy atom. The number of anilines is 1. The van der Waals surface area contributed by atoms with Gasteiger partial charge in [-0.05, 0) is 70.6 Å². The molecule has 1 atom stereocenters. The third kappa shape index (κ3) is 4.56. The van der Waals surface area contributed by atoms with Gasteiger partial charge in [-0.15, -0.1) is 0 Å². The van der Waals surface area contributed by atoms with E-state index in [2.05, 4.69) is 22.6 Å². The number of aliphatic hydroxyl groups is 1. The minimum absolute atomic E-state index is 0.0146. The normalized spacial score (nSPS) is 15.8. The number of ketones is 1. The maximum atomic E-state index is 13.4. The Kier molecular flexibility index (Phi) is 7.02. The molecule has 0 bridgehead atoms. The highest BCUT2D eigenvalue weighted by Crippen LogP contribution is 2.45. The standard InChI is InChI=1S/C27H22INO5/c1-33-20-13-14-21(23(16-20)34-2)25-24(22(30)15-8-17-6-4-3-5-7-17)26(31)27(32)29(25)19-11-9-18(28)10-12-19/h3-16,25,31H,1-2H3/b15-8+/t25-/m0/s1. The largest absolute Gasteiger partial charge is 0.503 e. The van der Waals surface area contributed by atoms with E-state index in [0.717, 1.165) is 9.13 Å². The first-order valence-electron chi connectivity index (χ1n) is 10.5. The number of ether oxygens (including phenoxy) is 2. The molecule has 0 unspecified atom stereocenters. The molecule has 0 aliphatic carbocycles. The van der Waals surface area contributed by atoms with Gasteiger partial charge in [0.25, 0.3) is 5.91 Å². The first-order chi connectivity index (χ1) is 16.4. The molecule has 4 rings (SSSR count). The summed E-state index contributed by atoms with van der Waals surface area (Å²) in [6.45, 7) is 0. The summed E-state index contributed by atoms with van der Waals surface area (Å²) in [5.74, 6) is -0.703. The summed E-state index contributed by atoms with van der Waals surface area (Å²) in [4.78, 5) is 28.0. The van der Waals surface area contributed by atoms with E-state index in [1.807, 2.05) is 42.5 Å². The molecule has 1 heterocycles. The predicted octanol–water partition coefficient (Wildman–Crippen LogP) is 5.49. The van der Waals surface area contributed by atoms with E-state index in [4.69, 9.17) is 9.47 Å². The van der Waals surface area contributed by atoms with Crippen LogP contribution in [0, 0.1) is 3.57 Å². The monoisotopic (exact) mass is 567 g/mol. The number of aliphatic hydroxyl groups excluding tert-OH is 1. The van der Waals surface area contributed by atoms with Gasteiger partial charge in [-0.2, -0.15) is 0 Å². The van der Waals surface area contributed by atoms with Gasteiger partial charge in [0.2, 0.25) is 0 Å². The summed E-state index contributed by atoms with van der Waals surface area (Å²) in [6, 6.07) is 20.9. The fraction of sp³-hybridized carbons (Fsp3) is 0.111. The molecule has 0 spiro atoms. The van der Waals surface area contributed by atoms with E-state index >= 15 is 0 Å². The van der Waals surface area contributed by atoms with Crippen molar-refractivity contribution in [1.82, 2.24) is 0 Å². The molecule has 6 nitrogen and oxygen atoms in total. The molecule has 34 heavy (non-hydrogen) atoms. The number of carbonyl (C=O) groups is 2. The highest BCUT2D eigenvalue weighted by molar-refractivity contribution is 14.1. The maximum Gasteiger partial charge on any atom is 0.294 e. The van der Waals surface area contributed by atoms with E-state index < -0.39 is 23.5 Å². The average molecular weight is 567 g/mol. The highest BCUT2D eigenvalue weighted by atomic mass is 127. The fourth-order valence-corrected chi connectivity index (χ4v) is 4.25. The number of amides is 1. The zero-order valence-electron chi connectivity index (χ0n) is 18.6.